The third kappa shape index (κ3) is 4.60. The molecule has 2 rings (SSSR count). The van der Waals surface area contributed by atoms with Crippen LogP contribution in [0.2, 0.25) is 0 Å². The summed E-state index contributed by atoms with van der Waals surface area (Å²) in [7, 11) is 0. The second kappa shape index (κ2) is 7.00. The van der Waals surface area contributed by atoms with Crippen molar-refractivity contribution in [3.63, 3.8) is 0 Å². The van der Waals surface area contributed by atoms with Gasteiger partial charge >= 0.3 is 12.1 Å². The van der Waals surface area contributed by atoms with Gasteiger partial charge in [0.1, 0.15) is 11.5 Å². The van der Waals surface area contributed by atoms with Gasteiger partial charge in [-0.05, 0) is 18.2 Å². The molecule has 0 aliphatic carbocycles. The standard InChI is InChI=1S/C17H13F3O3/c18-17(19,20)13-8-4-5-9-15(13)23-14(10-11-16(21)22)12-6-2-1-3-7-12/h1-10H,11H2,(H,21,22). The fourth-order valence-corrected chi connectivity index (χ4v) is 1.91. The van der Waals surface area contributed by atoms with E-state index < -0.39 is 17.7 Å². The van der Waals surface area contributed by atoms with Crippen LogP contribution in [-0.2, 0) is 11.0 Å². The summed E-state index contributed by atoms with van der Waals surface area (Å²) in [4.78, 5) is 10.7. The number of benzene rings is 2. The first-order valence-corrected chi connectivity index (χ1v) is 6.69. The molecule has 0 atom stereocenters. The first kappa shape index (κ1) is 16.6. The molecule has 0 fully saturated rings. The van der Waals surface area contributed by atoms with Crippen LogP contribution in [-0.4, -0.2) is 11.1 Å². The van der Waals surface area contributed by atoms with Crippen LogP contribution in [0.4, 0.5) is 13.2 Å². The Bertz CT molecular complexity index is 707. The zero-order valence-electron chi connectivity index (χ0n) is 11.9. The van der Waals surface area contributed by atoms with E-state index in [9.17, 15) is 18.0 Å². The molecule has 6 heteroatoms. The fourth-order valence-electron chi connectivity index (χ4n) is 1.91. The second-order valence-corrected chi connectivity index (χ2v) is 4.63. The zero-order chi connectivity index (χ0) is 16.9. The summed E-state index contributed by atoms with van der Waals surface area (Å²) >= 11 is 0. The lowest BCUT2D eigenvalue weighted by Crippen LogP contribution is -2.08. The van der Waals surface area contributed by atoms with Gasteiger partial charge in [0, 0.05) is 5.56 Å². The summed E-state index contributed by atoms with van der Waals surface area (Å²) < 4.78 is 44.5. The van der Waals surface area contributed by atoms with E-state index in [0.717, 1.165) is 6.07 Å². The minimum Gasteiger partial charge on any atom is -0.481 e. The smallest absolute Gasteiger partial charge is 0.419 e. The Morgan fingerprint density at radius 2 is 1.65 bits per heavy atom. The van der Waals surface area contributed by atoms with Gasteiger partial charge in [0.15, 0.2) is 0 Å². The van der Waals surface area contributed by atoms with Crippen LogP contribution in [0.1, 0.15) is 17.5 Å². The van der Waals surface area contributed by atoms with Gasteiger partial charge in [-0.2, -0.15) is 13.2 Å². The Morgan fingerprint density at radius 1 is 1.04 bits per heavy atom. The SMILES string of the molecule is O=C(O)CC=C(Oc1ccccc1C(F)(F)F)c1ccccc1. The number of aliphatic carboxylic acids is 1. The van der Waals surface area contributed by atoms with Crippen LogP contribution < -0.4 is 4.74 Å². The Kier molecular flexibility index (Phi) is 5.05. The number of carboxylic acids is 1. The van der Waals surface area contributed by atoms with Crippen LogP contribution in [0, 0.1) is 0 Å². The number of para-hydroxylation sites is 1. The Balaban J connectivity index is 2.40. The highest BCUT2D eigenvalue weighted by molar-refractivity contribution is 5.73. The molecule has 120 valence electrons. The number of carboxylic acid groups (broad SMARTS) is 1. The molecule has 3 nitrogen and oxygen atoms in total. The van der Waals surface area contributed by atoms with Crippen molar-refractivity contribution in [1.82, 2.24) is 0 Å². The third-order valence-electron chi connectivity index (χ3n) is 2.93. The van der Waals surface area contributed by atoms with Gasteiger partial charge < -0.3 is 9.84 Å². The molecule has 2 aromatic rings. The summed E-state index contributed by atoms with van der Waals surface area (Å²) in [6.45, 7) is 0. The topological polar surface area (TPSA) is 46.5 Å². The van der Waals surface area contributed by atoms with Gasteiger partial charge in [-0.15, -0.1) is 0 Å². The van der Waals surface area contributed by atoms with Crippen molar-refractivity contribution in [2.75, 3.05) is 0 Å². The van der Waals surface area contributed by atoms with E-state index >= 15 is 0 Å². The normalized spacial score (nSPS) is 12.0. The van der Waals surface area contributed by atoms with Crippen LogP contribution in [0.25, 0.3) is 5.76 Å². The molecule has 0 bridgehead atoms. The van der Waals surface area contributed by atoms with Crippen LogP contribution in [0.15, 0.2) is 60.7 Å². The molecule has 1 N–H and O–H groups in total. The van der Waals surface area contributed by atoms with Crippen molar-refractivity contribution >= 4 is 11.7 Å². The van der Waals surface area contributed by atoms with Crippen molar-refractivity contribution in [3.05, 3.63) is 71.8 Å². The maximum absolute atomic E-state index is 13.0. The largest absolute Gasteiger partial charge is 0.481 e. The average Bonchev–Trinajstić information content (AvgIpc) is 2.51. The average molecular weight is 322 g/mol. The molecule has 0 aromatic heterocycles. The van der Waals surface area contributed by atoms with Crippen molar-refractivity contribution in [2.24, 2.45) is 0 Å². The summed E-state index contributed by atoms with van der Waals surface area (Å²) in [5, 5.41) is 8.78. The van der Waals surface area contributed by atoms with Gasteiger partial charge in [-0.25, -0.2) is 0 Å². The van der Waals surface area contributed by atoms with Gasteiger partial charge in [0.25, 0.3) is 0 Å². The molecule has 0 aliphatic heterocycles. The molecule has 0 amide bonds. The van der Waals surface area contributed by atoms with E-state index in [1.165, 1.54) is 24.3 Å². The number of rotatable bonds is 5. The molecule has 0 saturated heterocycles. The lowest BCUT2D eigenvalue weighted by Gasteiger charge is -2.15. The quantitative estimate of drug-likeness (QED) is 0.818. The van der Waals surface area contributed by atoms with Crippen molar-refractivity contribution in [1.29, 1.82) is 0 Å². The molecular weight excluding hydrogens is 309 g/mol. The monoisotopic (exact) mass is 322 g/mol. The first-order valence-electron chi connectivity index (χ1n) is 6.69. The lowest BCUT2D eigenvalue weighted by molar-refractivity contribution is -0.138. The van der Waals surface area contributed by atoms with E-state index in [0.29, 0.717) is 5.56 Å². The minimum absolute atomic E-state index is 0.0599. The Labute approximate surface area is 130 Å². The maximum atomic E-state index is 13.0. The minimum atomic E-state index is -4.56. The molecule has 0 radical (unpaired) electrons. The van der Waals surface area contributed by atoms with E-state index in [-0.39, 0.29) is 17.9 Å². The van der Waals surface area contributed by atoms with E-state index in [1.807, 2.05) is 0 Å². The van der Waals surface area contributed by atoms with Gasteiger partial charge in [-0.3, -0.25) is 4.79 Å². The van der Waals surface area contributed by atoms with E-state index in [4.69, 9.17) is 9.84 Å². The third-order valence-corrected chi connectivity index (χ3v) is 2.93. The van der Waals surface area contributed by atoms with E-state index in [2.05, 4.69) is 0 Å². The molecule has 0 spiro atoms. The fraction of sp³-hybridized carbons (Fsp3) is 0.118. The molecule has 0 aliphatic rings. The van der Waals surface area contributed by atoms with Crippen LogP contribution >= 0.6 is 0 Å². The second-order valence-electron chi connectivity index (χ2n) is 4.63. The van der Waals surface area contributed by atoms with Crippen LogP contribution in [0.5, 0.6) is 5.75 Å². The van der Waals surface area contributed by atoms with Gasteiger partial charge in [0.2, 0.25) is 0 Å². The number of ether oxygens (including phenoxy) is 1. The lowest BCUT2D eigenvalue weighted by atomic mass is 10.1. The number of alkyl halides is 3. The van der Waals surface area contributed by atoms with Crippen molar-refractivity contribution in [3.8, 4) is 5.75 Å². The predicted molar refractivity (Wildman–Crippen MR) is 78.7 cm³/mol. The number of hydrogen-bond donors (Lipinski definition) is 1. The van der Waals surface area contributed by atoms with Crippen molar-refractivity contribution < 1.29 is 27.8 Å². The highest BCUT2D eigenvalue weighted by Crippen LogP contribution is 2.37. The van der Waals surface area contributed by atoms with Crippen molar-refractivity contribution in [2.45, 2.75) is 12.6 Å². The summed E-state index contributed by atoms with van der Waals surface area (Å²) in [6.07, 6.45) is -3.69. The molecule has 2 aromatic carbocycles. The van der Waals surface area contributed by atoms with Crippen LogP contribution in [0.3, 0.4) is 0 Å². The highest BCUT2D eigenvalue weighted by Gasteiger charge is 2.34. The molecule has 0 heterocycles. The Morgan fingerprint density at radius 3 is 2.26 bits per heavy atom. The predicted octanol–water partition coefficient (Wildman–Crippen LogP) is 4.60. The summed E-state index contributed by atoms with van der Waals surface area (Å²) in [5.41, 5.74) is -0.428. The van der Waals surface area contributed by atoms with Gasteiger partial charge in [-0.1, -0.05) is 42.5 Å². The summed E-state index contributed by atoms with van der Waals surface area (Å²) in [5.74, 6) is -1.42. The maximum Gasteiger partial charge on any atom is 0.419 e. The Hall–Kier alpha value is -2.76. The summed E-state index contributed by atoms with van der Waals surface area (Å²) in [6, 6.07) is 13.2. The zero-order valence-corrected chi connectivity index (χ0v) is 11.9. The molecule has 0 unspecified atom stereocenters. The number of hydrogen-bond acceptors (Lipinski definition) is 2. The number of halogens is 3. The molecule has 23 heavy (non-hydrogen) atoms. The van der Waals surface area contributed by atoms with E-state index in [1.54, 1.807) is 30.3 Å². The number of carbonyl (C=O) groups is 1. The molecular formula is C17H13F3O3. The highest BCUT2D eigenvalue weighted by atomic mass is 19.4. The van der Waals surface area contributed by atoms with Gasteiger partial charge in [0.05, 0.1) is 12.0 Å². The first-order chi connectivity index (χ1) is 10.9. The molecule has 0 saturated carbocycles.